The van der Waals surface area contributed by atoms with Crippen molar-refractivity contribution in [3.63, 3.8) is 0 Å². The summed E-state index contributed by atoms with van der Waals surface area (Å²) in [5, 5.41) is 67.9. The first-order valence-corrected chi connectivity index (χ1v) is 23.9. The van der Waals surface area contributed by atoms with E-state index in [4.69, 9.17) is 24.0 Å². The number of carbonyl (C=O) groups is 3. The molecule has 370 valence electrons. The maximum absolute atomic E-state index is 14.6. The molecule has 1 saturated heterocycles. The number of nitrogens with zero attached hydrogens (tertiary/aromatic N) is 3. The Morgan fingerprint density at radius 3 is 2.30 bits per heavy atom. The topological polar surface area (TPSA) is 220 Å². The van der Waals surface area contributed by atoms with Crippen molar-refractivity contribution in [3.8, 4) is 23.0 Å². The van der Waals surface area contributed by atoms with E-state index in [-0.39, 0.29) is 44.5 Å². The van der Waals surface area contributed by atoms with Gasteiger partial charge in [-0.15, -0.1) is 0 Å². The summed E-state index contributed by atoms with van der Waals surface area (Å²) in [7, 11) is 1.45. The summed E-state index contributed by atoms with van der Waals surface area (Å²) in [4.78, 5) is 43.4. The molecule has 2 aromatic carbocycles. The van der Waals surface area contributed by atoms with Gasteiger partial charge in [0.25, 0.3) is 11.7 Å². The van der Waals surface area contributed by atoms with Gasteiger partial charge in [-0.2, -0.15) is 5.10 Å². The van der Waals surface area contributed by atoms with E-state index in [0.29, 0.717) is 13.1 Å². The summed E-state index contributed by atoms with van der Waals surface area (Å²) >= 11 is 0. The number of ether oxygens (including phenoxy) is 4. The Balaban J connectivity index is 1.61. The molecule has 9 atom stereocenters. The number of esters is 1. The summed E-state index contributed by atoms with van der Waals surface area (Å²) in [5.41, 5.74) is -0.293. The van der Waals surface area contributed by atoms with Gasteiger partial charge in [-0.05, 0) is 45.9 Å². The lowest BCUT2D eigenvalue weighted by atomic mass is 9.78. The fraction of sp³-hybridized carbons (Fsp3) is 0.608. The van der Waals surface area contributed by atoms with Gasteiger partial charge in [0.2, 0.25) is 0 Å². The number of carbonyl (C=O) groups excluding carboxylic acids is 3. The Morgan fingerprint density at radius 2 is 1.61 bits per heavy atom. The number of methoxy groups -OCH3 is 1. The third-order valence-corrected chi connectivity index (χ3v) is 13.8. The standard InChI is InChI=1S/C51H74N4O12/c1-11-12-13-14-15-16-22-54-23-18-24-55(26-25-54)52-28-36-41-46(61)39-38(45(36)60)40-48(34(7)44(39)59)67-51(9,49(40)62)65-27-21-37(64-10)31(4)47(66-35(8)56)33(6)43(58)32(5)42(57)29(2)19-17-20-30(3)50(63)53-41/h17,19-21,27-29,31-33,37,42-43,47,57-61H,11-16,18,22-26H2,1-10H3,(H,53,63)/b19-17+,27-21+,30-20+,52-28-. The molecule has 0 spiro atoms. The number of phenols is 3. The zero-order valence-electron chi connectivity index (χ0n) is 41.0. The Labute approximate surface area is 395 Å². The Bertz CT molecular complexity index is 2220. The molecule has 0 aliphatic carbocycles. The summed E-state index contributed by atoms with van der Waals surface area (Å²) in [5.74, 6) is -8.30. The highest BCUT2D eigenvalue weighted by molar-refractivity contribution is 6.23. The number of Topliss-reactive ketones (excluding diaryl/α,β-unsaturated/α-hetero) is 1. The molecule has 16 heteroatoms. The lowest BCUT2D eigenvalue weighted by Crippen LogP contribution is -2.46. The number of unbranched alkanes of at least 4 members (excludes halogenated alkanes) is 5. The minimum atomic E-state index is -2.05. The number of allylic oxidation sites excluding steroid dienone is 2. The van der Waals surface area contributed by atoms with Crippen LogP contribution >= 0.6 is 0 Å². The molecule has 0 radical (unpaired) electrons. The molecule has 0 saturated carbocycles. The van der Waals surface area contributed by atoms with E-state index in [1.54, 1.807) is 46.8 Å². The van der Waals surface area contributed by atoms with Gasteiger partial charge in [0.15, 0.2) is 5.75 Å². The molecule has 1 amide bonds. The Kier molecular flexibility index (Phi) is 18.3. The third kappa shape index (κ3) is 11.9. The highest BCUT2D eigenvalue weighted by Crippen LogP contribution is 2.55. The highest BCUT2D eigenvalue weighted by atomic mass is 16.7. The van der Waals surface area contributed by atoms with Crippen molar-refractivity contribution in [2.75, 3.05) is 45.2 Å². The second-order valence-corrected chi connectivity index (χ2v) is 18.8. The number of benzene rings is 2. The van der Waals surface area contributed by atoms with E-state index in [1.165, 1.54) is 84.6 Å². The van der Waals surface area contributed by atoms with E-state index in [1.807, 2.05) is 5.01 Å². The normalized spacial score (nSPS) is 29.9. The van der Waals surface area contributed by atoms with E-state index >= 15 is 0 Å². The van der Waals surface area contributed by atoms with Crippen molar-refractivity contribution < 1.29 is 58.9 Å². The summed E-state index contributed by atoms with van der Waals surface area (Å²) in [6.45, 7) is 18.7. The number of rotatable bonds is 11. The van der Waals surface area contributed by atoms with Crippen LogP contribution in [0.25, 0.3) is 10.8 Å². The van der Waals surface area contributed by atoms with Gasteiger partial charge in [-0.1, -0.05) is 85.0 Å². The number of fused-ring (bicyclic) bond motifs is 14. The molecule has 6 rings (SSSR count). The molecule has 2 aromatic rings. The van der Waals surface area contributed by atoms with Gasteiger partial charge in [0.05, 0.1) is 53.0 Å². The number of phenolic OH excluding ortho intramolecular Hbond substituents is 3. The van der Waals surface area contributed by atoms with Crippen LogP contribution in [0.15, 0.2) is 41.2 Å². The van der Waals surface area contributed by atoms with Crippen LogP contribution in [0.4, 0.5) is 5.69 Å². The number of hydrogen-bond acceptors (Lipinski definition) is 15. The molecule has 0 aromatic heterocycles. The van der Waals surface area contributed by atoms with Crippen molar-refractivity contribution in [3.05, 3.63) is 52.8 Å². The number of aromatic hydroxyl groups is 3. The van der Waals surface area contributed by atoms with Gasteiger partial charge < -0.3 is 54.7 Å². The predicted octanol–water partition coefficient (Wildman–Crippen LogP) is 7.46. The molecule has 6 N–H and O–H groups in total. The van der Waals surface area contributed by atoms with E-state index < -0.39 is 88.8 Å². The van der Waals surface area contributed by atoms with Crippen molar-refractivity contribution in [1.82, 2.24) is 9.91 Å². The van der Waals surface area contributed by atoms with Crippen molar-refractivity contribution in [2.45, 2.75) is 137 Å². The number of aliphatic hydroxyl groups is 2. The Hall–Kier alpha value is -5.16. The lowest BCUT2D eigenvalue weighted by molar-refractivity contribution is -0.160. The molecule has 67 heavy (non-hydrogen) atoms. The van der Waals surface area contributed by atoms with Crippen molar-refractivity contribution >= 4 is 40.3 Å². The summed E-state index contributed by atoms with van der Waals surface area (Å²) in [6, 6.07) is 0. The molecular weight excluding hydrogens is 861 g/mol. The average Bonchev–Trinajstić information content (AvgIpc) is 3.40. The van der Waals surface area contributed by atoms with Crippen LogP contribution in [-0.2, 0) is 23.8 Å². The molecule has 1 fully saturated rings. The number of nitrogens with one attached hydrogen (secondary N) is 1. The Morgan fingerprint density at radius 1 is 0.910 bits per heavy atom. The van der Waals surface area contributed by atoms with E-state index in [0.717, 1.165) is 32.5 Å². The summed E-state index contributed by atoms with van der Waals surface area (Å²) in [6.07, 6.45) is 13.1. The quantitative estimate of drug-likeness (QED) is 0.0424. The summed E-state index contributed by atoms with van der Waals surface area (Å²) < 4.78 is 23.8. The van der Waals surface area contributed by atoms with Crippen molar-refractivity contribution in [1.29, 1.82) is 0 Å². The molecule has 4 aliphatic heterocycles. The number of anilines is 1. The van der Waals surface area contributed by atoms with Gasteiger partial charge in [0, 0.05) is 80.8 Å². The van der Waals surface area contributed by atoms with Crippen LogP contribution < -0.4 is 10.1 Å². The zero-order chi connectivity index (χ0) is 49.3. The van der Waals surface area contributed by atoms with E-state index in [9.17, 15) is 39.9 Å². The number of ketones is 1. The third-order valence-electron chi connectivity index (χ3n) is 13.8. The second kappa shape index (κ2) is 23.2. The smallest absolute Gasteiger partial charge is 0.312 e. The number of hydrogen-bond donors (Lipinski definition) is 6. The minimum absolute atomic E-state index is 0.0630. The van der Waals surface area contributed by atoms with Crippen LogP contribution in [-0.4, -0.2) is 129 Å². The first-order valence-electron chi connectivity index (χ1n) is 23.9. The molecule has 5 bridgehead atoms. The number of amides is 1. The van der Waals surface area contributed by atoms with Crippen LogP contribution in [0.3, 0.4) is 0 Å². The predicted molar refractivity (Wildman–Crippen MR) is 257 cm³/mol. The minimum Gasteiger partial charge on any atom is -0.507 e. The second-order valence-electron chi connectivity index (χ2n) is 18.8. The van der Waals surface area contributed by atoms with Gasteiger partial charge >= 0.3 is 11.8 Å². The molecule has 4 heterocycles. The largest absolute Gasteiger partial charge is 0.507 e. The monoisotopic (exact) mass is 935 g/mol. The maximum atomic E-state index is 14.6. The first kappa shape index (κ1) is 52.8. The van der Waals surface area contributed by atoms with Crippen LogP contribution in [0.1, 0.15) is 122 Å². The van der Waals surface area contributed by atoms with Gasteiger partial charge in [0.1, 0.15) is 23.4 Å². The van der Waals surface area contributed by atoms with Gasteiger partial charge in [-0.3, -0.25) is 19.4 Å². The zero-order valence-corrected chi connectivity index (χ0v) is 41.0. The first-order chi connectivity index (χ1) is 31.8. The van der Waals surface area contributed by atoms with Crippen LogP contribution in [0.2, 0.25) is 0 Å². The van der Waals surface area contributed by atoms with Crippen LogP contribution in [0, 0.1) is 30.6 Å². The SMILES string of the molecule is CCCCCCCCN1CCCN(/N=C\c2c3c(O)c4c(O)c(C)c5c(c4c2O)C(=O)C(C)(O/C=C/C(OC)C(C)C(OC(C)=O)C(C)C(O)C(C)C(O)C(C)/C=C/C=C(\C)C(=O)N3)O5)CC1. The molecule has 9 unspecified atom stereocenters. The van der Waals surface area contributed by atoms with Crippen LogP contribution in [0.5, 0.6) is 23.0 Å². The number of hydrazone groups is 1. The fourth-order valence-electron chi connectivity index (χ4n) is 9.42. The van der Waals surface area contributed by atoms with Gasteiger partial charge in [-0.25, -0.2) is 0 Å². The van der Waals surface area contributed by atoms with Crippen molar-refractivity contribution in [2.24, 2.45) is 28.8 Å². The molecular formula is C51H74N4O12. The molecule has 4 aliphatic rings. The number of aliphatic hydroxyl groups excluding tert-OH is 2. The average molecular weight is 935 g/mol. The molecule has 16 nitrogen and oxygen atoms in total. The lowest BCUT2D eigenvalue weighted by Gasteiger charge is -2.38. The van der Waals surface area contributed by atoms with E-state index in [2.05, 4.69) is 17.1 Å². The fourth-order valence-corrected chi connectivity index (χ4v) is 9.42. The maximum Gasteiger partial charge on any atom is 0.312 e. The highest BCUT2D eigenvalue weighted by Gasteiger charge is 2.50.